The van der Waals surface area contributed by atoms with E-state index in [1.165, 1.54) is 0 Å². The van der Waals surface area contributed by atoms with Gasteiger partial charge in [0.1, 0.15) is 0 Å². The Labute approximate surface area is 108 Å². The lowest BCUT2D eigenvalue weighted by Crippen LogP contribution is -2.43. The van der Waals surface area contributed by atoms with Gasteiger partial charge in [0.15, 0.2) is 11.6 Å². The molecule has 0 bridgehead atoms. The number of halogens is 2. The average molecular weight is 272 g/mol. The van der Waals surface area contributed by atoms with Crippen molar-refractivity contribution in [2.75, 3.05) is 5.32 Å². The van der Waals surface area contributed by atoms with E-state index in [2.05, 4.69) is 10.6 Å². The second-order valence-corrected chi connectivity index (χ2v) is 4.95. The number of nitrogens with one attached hydrogen (secondary N) is 2. The summed E-state index contributed by atoms with van der Waals surface area (Å²) in [6.07, 6.45) is 0. The molecule has 0 radical (unpaired) electrons. The van der Waals surface area contributed by atoms with Crippen molar-refractivity contribution in [2.24, 2.45) is 0 Å². The minimum absolute atomic E-state index is 0.312. The summed E-state index contributed by atoms with van der Waals surface area (Å²) in [5.41, 5.74) is -1.39. The Kier molecular flexibility index (Phi) is 4.08. The molecule has 0 saturated carbocycles. The zero-order valence-corrected chi connectivity index (χ0v) is 10.7. The highest BCUT2D eigenvalue weighted by Crippen LogP contribution is 2.20. The van der Waals surface area contributed by atoms with Crippen molar-refractivity contribution in [2.45, 2.75) is 26.3 Å². The van der Waals surface area contributed by atoms with Gasteiger partial charge in [0.2, 0.25) is 0 Å². The number of aromatic carboxylic acids is 1. The summed E-state index contributed by atoms with van der Waals surface area (Å²) in [4.78, 5) is 22.5. The van der Waals surface area contributed by atoms with Gasteiger partial charge >= 0.3 is 12.0 Å². The number of benzene rings is 1. The van der Waals surface area contributed by atoms with Crippen molar-refractivity contribution in [3.05, 3.63) is 29.3 Å². The molecule has 104 valence electrons. The molecule has 0 saturated heterocycles. The molecule has 0 aliphatic rings. The Balaban J connectivity index is 3.03. The van der Waals surface area contributed by atoms with Crippen LogP contribution in [0.15, 0.2) is 12.1 Å². The molecule has 0 aliphatic carbocycles. The van der Waals surface area contributed by atoms with Crippen molar-refractivity contribution in [3.63, 3.8) is 0 Å². The maximum absolute atomic E-state index is 13.1. The quantitative estimate of drug-likeness (QED) is 0.774. The fourth-order valence-electron chi connectivity index (χ4n) is 1.32. The summed E-state index contributed by atoms with van der Waals surface area (Å²) in [7, 11) is 0. The molecule has 1 aromatic rings. The van der Waals surface area contributed by atoms with Crippen LogP contribution in [0.3, 0.4) is 0 Å². The first-order valence-corrected chi connectivity index (χ1v) is 5.41. The molecule has 5 nitrogen and oxygen atoms in total. The van der Waals surface area contributed by atoms with E-state index in [-0.39, 0.29) is 5.69 Å². The molecule has 2 amide bonds. The second kappa shape index (κ2) is 5.21. The highest BCUT2D eigenvalue weighted by molar-refractivity contribution is 6.00. The predicted octanol–water partition coefficient (Wildman–Crippen LogP) is 2.58. The molecule has 0 aromatic heterocycles. The Hall–Kier alpha value is -2.18. The molecular weight excluding hydrogens is 258 g/mol. The lowest BCUT2D eigenvalue weighted by molar-refractivity contribution is 0.0697. The van der Waals surface area contributed by atoms with Gasteiger partial charge in [-0.3, -0.25) is 0 Å². The van der Waals surface area contributed by atoms with Gasteiger partial charge in [0.25, 0.3) is 0 Å². The number of hydrogen-bond donors (Lipinski definition) is 3. The average Bonchev–Trinajstić information content (AvgIpc) is 2.19. The van der Waals surface area contributed by atoms with Gasteiger partial charge in [-0.25, -0.2) is 18.4 Å². The zero-order chi connectivity index (χ0) is 14.8. The monoisotopic (exact) mass is 272 g/mol. The van der Waals surface area contributed by atoms with Crippen LogP contribution < -0.4 is 10.6 Å². The molecule has 19 heavy (non-hydrogen) atoms. The van der Waals surface area contributed by atoms with Gasteiger partial charge in [0.05, 0.1) is 11.3 Å². The van der Waals surface area contributed by atoms with Crippen LogP contribution in [-0.2, 0) is 0 Å². The maximum Gasteiger partial charge on any atom is 0.337 e. The number of rotatable bonds is 2. The summed E-state index contributed by atoms with van der Waals surface area (Å²) in [6.45, 7) is 5.15. The van der Waals surface area contributed by atoms with Crippen LogP contribution in [0.5, 0.6) is 0 Å². The Morgan fingerprint density at radius 2 is 1.68 bits per heavy atom. The van der Waals surface area contributed by atoms with Gasteiger partial charge in [-0.05, 0) is 26.8 Å². The number of anilines is 1. The van der Waals surface area contributed by atoms with E-state index in [4.69, 9.17) is 5.11 Å². The second-order valence-electron chi connectivity index (χ2n) is 4.95. The van der Waals surface area contributed by atoms with Crippen LogP contribution >= 0.6 is 0 Å². The largest absolute Gasteiger partial charge is 0.478 e. The van der Waals surface area contributed by atoms with Gasteiger partial charge in [-0.2, -0.15) is 0 Å². The number of carboxylic acids is 1. The van der Waals surface area contributed by atoms with E-state index in [0.717, 1.165) is 0 Å². The van der Waals surface area contributed by atoms with Crippen molar-refractivity contribution >= 4 is 17.7 Å². The van der Waals surface area contributed by atoms with Crippen LogP contribution in [0.4, 0.5) is 19.3 Å². The minimum atomic E-state index is -1.47. The Morgan fingerprint density at radius 1 is 1.16 bits per heavy atom. The first kappa shape index (κ1) is 14.9. The van der Waals surface area contributed by atoms with E-state index in [9.17, 15) is 18.4 Å². The summed E-state index contributed by atoms with van der Waals surface area (Å²) in [5.74, 6) is -4.00. The predicted molar refractivity (Wildman–Crippen MR) is 65.2 cm³/mol. The lowest BCUT2D eigenvalue weighted by atomic mass is 10.1. The molecule has 0 fully saturated rings. The van der Waals surface area contributed by atoms with Crippen LogP contribution in [-0.4, -0.2) is 22.6 Å². The van der Waals surface area contributed by atoms with E-state index >= 15 is 0 Å². The molecule has 1 rings (SSSR count). The Morgan fingerprint density at radius 3 is 2.16 bits per heavy atom. The number of amides is 2. The number of urea groups is 1. The molecular formula is C12H14F2N2O3. The minimum Gasteiger partial charge on any atom is -0.478 e. The van der Waals surface area contributed by atoms with Crippen molar-refractivity contribution in [3.8, 4) is 0 Å². The lowest BCUT2D eigenvalue weighted by Gasteiger charge is -2.21. The summed E-state index contributed by atoms with van der Waals surface area (Å²) in [5, 5.41) is 13.6. The van der Waals surface area contributed by atoms with Crippen molar-refractivity contribution in [1.29, 1.82) is 0 Å². The summed E-state index contributed by atoms with van der Waals surface area (Å²) in [6, 6.07) is 0.437. The fraction of sp³-hybridized carbons (Fsp3) is 0.333. The molecule has 0 heterocycles. The molecule has 0 spiro atoms. The van der Waals surface area contributed by atoms with Crippen molar-refractivity contribution < 1.29 is 23.5 Å². The third-order valence-corrected chi connectivity index (χ3v) is 2.03. The van der Waals surface area contributed by atoms with E-state index in [0.29, 0.717) is 12.1 Å². The molecule has 1 aromatic carbocycles. The van der Waals surface area contributed by atoms with Crippen LogP contribution in [0.25, 0.3) is 0 Å². The van der Waals surface area contributed by atoms with E-state index < -0.39 is 34.7 Å². The zero-order valence-electron chi connectivity index (χ0n) is 10.7. The molecule has 7 heteroatoms. The standard InChI is InChI=1S/C12H14F2N2O3/c1-12(2,3)16-11(19)15-9-5-8(14)7(13)4-6(9)10(17)18/h4-5H,1-3H3,(H,17,18)(H2,15,16,19). The normalized spacial score (nSPS) is 11.0. The summed E-state index contributed by atoms with van der Waals surface area (Å²) < 4.78 is 26.0. The van der Waals surface area contributed by atoms with Crippen LogP contribution in [0.1, 0.15) is 31.1 Å². The van der Waals surface area contributed by atoms with Gasteiger partial charge in [-0.1, -0.05) is 0 Å². The van der Waals surface area contributed by atoms with Crippen LogP contribution in [0, 0.1) is 11.6 Å². The SMILES string of the molecule is CC(C)(C)NC(=O)Nc1cc(F)c(F)cc1C(=O)O. The first-order valence-electron chi connectivity index (χ1n) is 5.41. The van der Waals surface area contributed by atoms with Gasteiger partial charge in [-0.15, -0.1) is 0 Å². The smallest absolute Gasteiger partial charge is 0.337 e. The van der Waals surface area contributed by atoms with Gasteiger partial charge < -0.3 is 15.7 Å². The first-order chi connectivity index (χ1) is 8.60. The highest BCUT2D eigenvalue weighted by atomic mass is 19.2. The van der Waals surface area contributed by atoms with Gasteiger partial charge in [0, 0.05) is 11.6 Å². The Bertz CT molecular complexity index is 524. The number of carboxylic acid groups (broad SMARTS) is 1. The third kappa shape index (κ3) is 4.20. The fourth-order valence-corrected chi connectivity index (χ4v) is 1.32. The third-order valence-electron chi connectivity index (χ3n) is 2.03. The summed E-state index contributed by atoms with van der Waals surface area (Å²) >= 11 is 0. The maximum atomic E-state index is 13.1. The molecule has 0 atom stereocenters. The van der Waals surface area contributed by atoms with E-state index in [1.54, 1.807) is 20.8 Å². The van der Waals surface area contributed by atoms with Crippen molar-refractivity contribution in [1.82, 2.24) is 5.32 Å². The highest BCUT2D eigenvalue weighted by Gasteiger charge is 2.19. The number of carbonyl (C=O) groups excluding carboxylic acids is 1. The molecule has 3 N–H and O–H groups in total. The number of carbonyl (C=O) groups is 2. The number of hydrogen-bond acceptors (Lipinski definition) is 2. The molecule has 0 aliphatic heterocycles. The van der Waals surface area contributed by atoms with E-state index in [1.807, 2.05) is 0 Å². The molecule has 0 unspecified atom stereocenters. The van der Waals surface area contributed by atoms with Crippen LogP contribution in [0.2, 0.25) is 0 Å². The topological polar surface area (TPSA) is 78.4 Å².